The first-order valence-corrected chi connectivity index (χ1v) is 9.26. The third-order valence-corrected chi connectivity index (χ3v) is 5.31. The zero-order valence-corrected chi connectivity index (χ0v) is 14.8. The van der Waals surface area contributed by atoms with E-state index >= 15 is 0 Å². The van der Waals surface area contributed by atoms with Crippen LogP contribution in [0.15, 0.2) is 60.7 Å². The molecule has 1 saturated heterocycles. The SMILES string of the molecule is Nc1cccc(C2=CC3CCCC(C2)N3C(=O)OCc2ccccc2)c1. The van der Waals surface area contributed by atoms with Crippen LogP contribution in [-0.4, -0.2) is 23.1 Å². The van der Waals surface area contributed by atoms with Gasteiger partial charge in [0.1, 0.15) is 6.61 Å². The van der Waals surface area contributed by atoms with E-state index in [1.165, 1.54) is 11.1 Å². The third-order valence-electron chi connectivity index (χ3n) is 5.31. The molecule has 0 aromatic heterocycles. The molecule has 1 amide bonds. The predicted octanol–water partition coefficient (Wildman–Crippen LogP) is 4.62. The normalized spacial score (nSPS) is 21.8. The molecule has 0 aliphatic carbocycles. The van der Waals surface area contributed by atoms with Crippen LogP contribution >= 0.6 is 0 Å². The van der Waals surface area contributed by atoms with Gasteiger partial charge in [-0.15, -0.1) is 0 Å². The number of hydrogen-bond donors (Lipinski definition) is 1. The molecule has 2 aliphatic heterocycles. The number of nitrogens with two attached hydrogens (primary N) is 1. The molecule has 0 saturated carbocycles. The van der Waals surface area contributed by atoms with E-state index in [9.17, 15) is 4.79 Å². The molecule has 134 valence electrons. The fourth-order valence-corrected chi connectivity index (χ4v) is 4.06. The Balaban J connectivity index is 1.50. The highest BCUT2D eigenvalue weighted by molar-refractivity contribution is 5.75. The van der Waals surface area contributed by atoms with Gasteiger partial charge in [-0.25, -0.2) is 4.79 Å². The van der Waals surface area contributed by atoms with Gasteiger partial charge in [-0.05, 0) is 54.5 Å². The quantitative estimate of drug-likeness (QED) is 0.824. The number of fused-ring (bicyclic) bond motifs is 2. The molecule has 4 rings (SSSR count). The molecule has 2 atom stereocenters. The van der Waals surface area contributed by atoms with Crippen LogP contribution in [0.2, 0.25) is 0 Å². The number of amides is 1. The van der Waals surface area contributed by atoms with Gasteiger partial charge >= 0.3 is 6.09 Å². The topological polar surface area (TPSA) is 55.6 Å². The molecule has 4 heteroatoms. The Labute approximate surface area is 154 Å². The van der Waals surface area contributed by atoms with Gasteiger partial charge in [0.05, 0.1) is 6.04 Å². The van der Waals surface area contributed by atoms with E-state index in [0.717, 1.165) is 36.9 Å². The number of carbonyl (C=O) groups is 1. The number of nitrogen functional groups attached to an aromatic ring is 1. The third kappa shape index (κ3) is 3.45. The first-order valence-electron chi connectivity index (χ1n) is 9.26. The van der Waals surface area contributed by atoms with Crippen LogP contribution in [0.5, 0.6) is 0 Å². The minimum absolute atomic E-state index is 0.113. The van der Waals surface area contributed by atoms with Crippen LogP contribution in [0.1, 0.15) is 36.8 Å². The van der Waals surface area contributed by atoms with Gasteiger partial charge in [0.15, 0.2) is 0 Å². The number of benzene rings is 2. The van der Waals surface area contributed by atoms with E-state index in [4.69, 9.17) is 10.5 Å². The van der Waals surface area contributed by atoms with Crippen molar-refractivity contribution in [1.82, 2.24) is 4.90 Å². The largest absolute Gasteiger partial charge is 0.445 e. The second-order valence-corrected chi connectivity index (χ2v) is 7.12. The minimum atomic E-state index is -0.202. The molecule has 26 heavy (non-hydrogen) atoms. The zero-order chi connectivity index (χ0) is 17.9. The highest BCUT2D eigenvalue weighted by Gasteiger charge is 2.38. The van der Waals surface area contributed by atoms with Crippen molar-refractivity contribution in [2.75, 3.05) is 5.73 Å². The van der Waals surface area contributed by atoms with Crippen molar-refractivity contribution in [2.24, 2.45) is 0 Å². The van der Waals surface area contributed by atoms with Crippen LogP contribution in [0.3, 0.4) is 0 Å². The lowest BCUT2D eigenvalue weighted by molar-refractivity contribution is 0.0510. The van der Waals surface area contributed by atoms with Crippen molar-refractivity contribution >= 4 is 17.4 Å². The van der Waals surface area contributed by atoms with Crippen molar-refractivity contribution in [2.45, 2.75) is 44.4 Å². The van der Waals surface area contributed by atoms with Crippen LogP contribution in [0, 0.1) is 0 Å². The van der Waals surface area contributed by atoms with Crippen molar-refractivity contribution in [3.8, 4) is 0 Å². The second-order valence-electron chi connectivity index (χ2n) is 7.12. The summed E-state index contributed by atoms with van der Waals surface area (Å²) in [5, 5.41) is 0. The van der Waals surface area contributed by atoms with E-state index in [0.29, 0.717) is 6.61 Å². The molecule has 4 nitrogen and oxygen atoms in total. The molecule has 1 fully saturated rings. The highest BCUT2D eigenvalue weighted by atomic mass is 16.6. The van der Waals surface area contributed by atoms with E-state index in [-0.39, 0.29) is 18.2 Å². The lowest BCUT2D eigenvalue weighted by Gasteiger charge is -2.44. The van der Waals surface area contributed by atoms with Gasteiger partial charge in [-0.3, -0.25) is 4.90 Å². The standard InChI is InChI=1S/C22H24N2O2/c23-19-9-4-8-17(12-19)18-13-20-10-5-11-21(14-18)24(20)22(25)26-15-16-6-2-1-3-7-16/h1-4,6-9,12-13,20-21H,5,10-11,14-15,23H2. The first kappa shape index (κ1) is 16.7. The molecule has 0 spiro atoms. The minimum Gasteiger partial charge on any atom is -0.445 e. The smallest absolute Gasteiger partial charge is 0.410 e. The molecule has 2 unspecified atom stereocenters. The number of carbonyl (C=O) groups excluding carboxylic acids is 1. The summed E-state index contributed by atoms with van der Waals surface area (Å²) in [7, 11) is 0. The Morgan fingerprint density at radius 2 is 1.96 bits per heavy atom. The summed E-state index contributed by atoms with van der Waals surface area (Å²) in [5.41, 5.74) is 10.2. The molecule has 2 aromatic rings. The monoisotopic (exact) mass is 348 g/mol. The Hall–Kier alpha value is -2.75. The Bertz CT molecular complexity index is 816. The molecular formula is C22H24N2O2. The van der Waals surface area contributed by atoms with Crippen molar-refractivity contribution < 1.29 is 9.53 Å². The lowest BCUT2D eigenvalue weighted by Crippen LogP contribution is -2.51. The number of piperidine rings is 1. The van der Waals surface area contributed by atoms with E-state index < -0.39 is 0 Å². The molecule has 2 aromatic carbocycles. The lowest BCUT2D eigenvalue weighted by atomic mass is 9.83. The summed E-state index contributed by atoms with van der Waals surface area (Å²) in [4.78, 5) is 14.7. The van der Waals surface area contributed by atoms with Gasteiger partial charge in [-0.2, -0.15) is 0 Å². The highest BCUT2D eigenvalue weighted by Crippen LogP contribution is 2.37. The number of hydrogen-bond acceptors (Lipinski definition) is 3. The van der Waals surface area contributed by atoms with E-state index in [1.54, 1.807) is 0 Å². The fourth-order valence-electron chi connectivity index (χ4n) is 4.06. The molecule has 2 heterocycles. The van der Waals surface area contributed by atoms with Crippen LogP contribution in [-0.2, 0) is 11.3 Å². The average molecular weight is 348 g/mol. The maximum atomic E-state index is 12.7. The first-order chi connectivity index (χ1) is 12.7. The summed E-state index contributed by atoms with van der Waals surface area (Å²) in [6, 6.07) is 18.2. The Morgan fingerprint density at radius 3 is 2.73 bits per heavy atom. The van der Waals surface area contributed by atoms with Gasteiger partial charge in [0.2, 0.25) is 0 Å². The van der Waals surface area contributed by atoms with Crippen molar-refractivity contribution in [1.29, 1.82) is 0 Å². The summed E-state index contributed by atoms with van der Waals surface area (Å²) in [6.45, 7) is 0.321. The van der Waals surface area contributed by atoms with Gasteiger partial charge in [-0.1, -0.05) is 48.5 Å². The Kier molecular flexibility index (Phi) is 4.65. The summed E-state index contributed by atoms with van der Waals surface area (Å²) in [5.74, 6) is 0. The maximum absolute atomic E-state index is 12.7. The summed E-state index contributed by atoms with van der Waals surface area (Å²) in [6.07, 6.45) is 6.05. The van der Waals surface area contributed by atoms with Crippen LogP contribution in [0.25, 0.3) is 5.57 Å². The number of ether oxygens (including phenoxy) is 1. The predicted molar refractivity (Wildman–Crippen MR) is 103 cm³/mol. The van der Waals surface area contributed by atoms with Gasteiger partial charge < -0.3 is 10.5 Å². The van der Waals surface area contributed by atoms with E-state index in [1.807, 2.05) is 53.4 Å². The summed E-state index contributed by atoms with van der Waals surface area (Å²) < 4.78 is 5.60. The average Bonchev–Trinajstić information content (AvgIpc) is 2.66. The number of anilines is 1. The fraction of sp³-hybridized carbons (Fsp3) is 0.318. The molecular weight excluding hydrogens is 324 g/mol. The Morgan fingerprint density at radius 1 is 1.12 bits per heavy atom. The van der Waals surface area contributed by atoms with Gasteiger partial charge in [0, 0.05) is 11.7 Å². The van der Waals surface area contributed by atoms with Gasteiger partial charge in [0.25, 0.3) is 0 Å². The molecule has 2 N–H and O–H groups in total. The number of rotatable bonds is 3. The molecule has 2 bridgehead atoms. The van der Waals surface area contributed by atoms with Crippen LogP contribution < -0.4 is 5.73 Å². The second kappa shape index (κ2) is 7.24. The number of nitrogens with zero attached hydrogens (tertiary/aromatic N) is 1. The maximum Gasteiger partial charge on any atom is 0.410 e. The summed E-state index contributed by atoms with van der Waals surface area (Å²) >= 11 is 0. The van der Waals surface area contributed by atoms with E-state index in [2.05, 4.69) is 12.1 Å². The molecule has 0 radical (unpaired) electrons. The van der Waals surface area contributed by atoms with Crippen molar-refractivity contribution in [3.05, 3.63) is 71.8 Å². The zero-order valence-electron chi connectivity index (χ0n) is 14.8. The van der Waals surface area contributed by atoms with Crippen LogP contribution in [0.4, 0.5) is 10.5 Å². The van der Waals surface area contributed by atoms with Crippen molar-refractivity contribution in [3.63, 3.8) is 0 Å². The molecule has 2 aliphatic rings.